The maximum Gasteiger partial charge on any atom is 0.101 e. The third-order valence-electron chi connectivity index (χ3n) is 1.54. The van der Waals surface area contributed by atoms with Crippen molar-refractivity contribution in [1.29, 1.82) is 5.26 Å². The van der Waals surface area contributed by atoms with Crippen molar-refractivity contribution in [2.75, 3.05) is 11.9 Å². The summed E-state index contributed by atoms with van der Waals surface area (Å²) in [4.78, 5) is 0. The van der Waals surface area contributed by atoms with Gasteiger partial charge in [-0.05, 0) is 18.2 Å². The van der Waals surface area contributed by atoms with Crippen LogP contribution in [-0.2, 0) is 0 Å². The Bertz CT molecular complexity index is 352. The lowest BCUT2D eigenvalue weighted by Crippen LogP contribution is -1.97. The van der Waals surface area contributed by atoms with Crippen molar-refractivity contribution in [2.24, 2.45) is 0 Å². The lowest BCUT2D eigenvalue weighted by Gasteiger charge is -2.03. The van der Waals surface area contributed by atoms with E-state index in [9.17, 15) is 0 Å². The molecular weight excluding hydrogens is 184 g/mol. The summed E-state index contributed by atoms with van der Waals surface area (Å²) in [7, 11) is 0. The van der Waals surface area contributed by atoms with E-state index in [1.165, 1.54) is 0 Å². The van der Waals surface area contributed by atoms with Gasteiger partial charge in [-0.1, -0.05) is 17.7 Å². The minimum Gasteiger partial charge on any atom is -0.382 e. The molecule has 13 heavy (non-hydrogen) atoms. The smallest absolute Gasteiger partial charge is 0.101 e. The number of anilines is 1. The van der Waals surface area contributed by atoms with E-state index >= 15 is 0 Å². The molecule has 0 fully saturated rings. The van der Waals surface area contributed by atoms with Gasteiger partial charge in [-0.3, -0.25) is 0 Å². The van der Waals surface area contributed by atoms with Crippen molar-refractivity contribution in [1.82, 2.24) is 0 Å². The maximum atomic E-state index is 8.61. The Balaban J connectivity index is 2.84. The lowest BCUT2D eigenvalue weighted by molar-refractivity contribution is 1.34. The molecule has 0 aromatic heterocycles. The van der Waals surface area contributed by atoms with Crippen molar-refractivity contribution in [2.45, 2.75) is 0 Å². The van der Waals surface area contributed by atoms with Crippen LogP contribution in [0.1, 0.15) is 5.56 Å². The highest BCUT2D eigenvalue weighted by molar-refractivity contribution is 6.32. The van der Waals surface area contributed by atoms with E-state index in [2.05, 4.69) is 11.9 Å². The molecule has 66 valence electrons. The third-order valence-corrected chi connectivity index (χ3v) is 1.85. The van der Waals surface area contributed by atoms with Crippen LogP contribution >= 0.6 is 11.6 Å². The highest BCUT2D eigenvalue weighted by Gasteiger charge is 1.99. The minimum absolute atomic E-state index is 0.469. The first-order valence-electron chi connectivity index (χ1n) is 3.82. The van der Waals surface area contributed by atoms with Gasteiger partial charge < -0.3 is 5.32 Å². The number of hydrogen-bond acceptors (Lipinski definition) is 2. The van der Waals surface area contributed by atoms with E-state index in [1.807, 2.05) is 12.1 Å². The molecule has 0 atom stereocenters. The van der Waals surface area contributed by atoms with Gasteiger partial charge in [0.05, 0.1) is 10.6 Å². The Kier molecular flexibility index (Phi) is 3.36. The predicted octanol–water partition coefficient (Wildman–Crippen LogP) is 2.81. The highest BCUT2D eigenvalue weighted by atomic mass is 35.5. The van der Waals surface area contributed by atoms with E-state index in [0.717, 1.165) is 5.69 Å². The van der Waals surface area contributed by atoms with Crippen LogP contribution < -0.4 is 5.32 Å². The number of halogens is 1. The van der Waals surface area contributed by atoms with Crippen LogP contribution in [0.2, 0.25) is 5.02 Å². The van der Waals surface area contributed by atoms with E-state index in [4.69, 9.17) is 16.9 Å². The van der Waals surface area contributed by atoms with E-state index in [1.54, 1.807) is 18.2 Å². The SMILES string of the molecule is C=CCNc1ccc(C#N)c(Cl)c1. The van der Waals surface area contributed by atoms with Gasteiger partial charge in [0.25, 0.3) is 0 Å². The Morgan fingerprint density at radius 1 is 1.62 bits per heavy atom. The molecule has 1 N–H and O–H groups in total. The fraction of sp³-hybridized carbons (Fsp3) is 0.100. The molecule has 0 aliphatic rings. The first-order chi connectivity index (χ1) is 6.27. The molecule has 1 aromatic rings. The molecule has 0 aliphatic heterocycles. The van der Waals surface area contributed by atoms with Crippen LogP contribution in [0.4, 0.5) is 5.69 Å². The molecule has 3 heteroatoms. The summed E-state index contributed by atoms with van der Waals surface area (Å²) in [6.07, 6.45) is 1.76. The molecule has 0 heterocycles. The molecule has 0 saturated carbocycles. The van der Waals surface area contributed by atoms with Gasteiger partial charge in [-0.25, -0.2) is 0 Å². The normalized spacial score (nSPS) is 8.92. The van der Waals surface area contributed by atoms with Gasteiger partial charge in [-0.2, -0.15) is 5.26 Å². The fourth-order valence-electron chi connectivity index (χ4n) is 0.906. The summed E-state index contributed by atoms with van der Waals surface area (Å²) in [5.41, 5.74) is 1.38. The van der Waals surface area contributed by atoms with E-state index in [-0.39, 0.29) is 0 Å². The molecule has 1 aromatic carbocycles. The number of nitrogens with zero attached hydrogens (tertiary/aromatic N) is 1. The predicted molar refractivity (Wildman–Crippen MR) is 54.9 cm³/mol. The zero-order valence-electron chi connectivity index (χ0n) is 7.05. The molecule has 0 saturated heterocycles. The molecule has 0 aliphatic carbocycles. The average molecular weight is 193 g/mol. The number of nitriles is 1. The number of benzene rings is 1. The van der Waals surface area contributed by atoms with Gasteiger partial charge in [0, 0.05) is 12.2 Å². The summed E-state index contributed by atoms with van der Waals surface area (Å²) in [5.74, 6) is 0. The van der Waals surface area contributed by atoms with Gasteiger partial charge in [0.15, 0.2) is 0 Å². The first kappa shape index (κ1) is 9.63. The summed E-state index contributed by atoms with van der Waals surface area (Å²) in [6.45, 7) is 4.27. The summed E-state index contributed by atoms with van der Waals surface area (Å²) >= 11 is 5.82. The van der Waals surface area contributed by atoms with Crippen LogP contribution in [-0.4, -0.2) is 6.54 Å². The Labute approximate surface area is 82.4 Å². The van der Waals surface area contributed by atoms with Crippen molar-refractivity contribution >= 4 is 17.3 Å². The lowest BCUT2D eigenvalue weighted by atomic mass is 10.2. The largest absolute Gasteiger partial charge is 0.382 e. The molecule has 1 rings (SSSR count). The number of hydrogen-bond donors (Lipinski definition) is 1. The number of rotatable bonds is 3. The van der Waals surface area contributed by atoms with Crippen molar-refractivity contribution < 1.29 is 0 Å². The van der Waals surface area contributed by atoms with Gasteiger partial charge in [0.1, 0.15) is 6.07 Å². The first-order valence-corrected chi connectivity index (χ1v) is 4.20. The summed E-state index contributed by atoms with van der Waals surface area (Å²) < 4.78 is 0. The van der Waals surface area contributed by atoms with Gasteiger partial charge in [-0.15, -0.1) is 6.58 Å². The second-order valence-electron chi connectivity index (χ2n) is 2.48. The highest BCUT2D eigenvalue weighted by Crippen LogP contribution is 2.19. The zero-order chi connectivity index (χ0) is 9.68. The molecule has 0 amide bonds. The second kappa shape index (κ2) is 4.54. The molecular formula is C10H9ClN2. The van der Waals surface area contributed by atoms with Gasteiger partial charge >= 0.3 is 0 Å². The Morgan fingerprint density at radius 3 is 2.92 bits per heavy atom. The zero-order valence-corrected chi connectivity index (χ0v) is 7.80. The average Bonchev–Trinajstić information content (AvgIpc) is 2.15. The monoisotopic (exact) mass is 192 g/mol. The number of nitrogens with one attached hydrogen (secondary N) is 1. The van der Waals surface area contributed by atoms with Crippen LogP contribution in [0.3, 0.4) is 0 Å². The van der Waals surface area contributed by atoms with Crippen molar-refractivity contribution in [3.05, 3.63) is 41.4 Å². The van der Waals surface area contributed by atoms with E-state index < -0.39 is 0 Å². The second-order valence-corrected chi connectivity index (χ2v) is 2.88. The van der Waals surface area contributed by atoms with Crippen LogP contribution in [0.15, 0.2) is 30.9 Å². The molecule has 0 radical (unpaired) electrons. The fourth-order valence-corrected chi connectivity index (χ4v) is 1.13. The summed E-state index contributed by atoms with van der Waals surface area (Å²) in [6, 6.07) is 7.23. The maximum absolute atomic E-state index is 8.61. The van der Waals surface area contributed by atoms with Crippen LogP contribution in [0.25, 0.3) is 0 Å². The van der Waals surface area contributed by atoms with Crippen molar-refractivity contribution in [3.63, 3.8) is 0 Å². The quantitative estimate of drug-likeness (QED) is 0.748. The van der Waals surface area contributed by atoms with E-state index in [0.29, 0.717) is 17.1 Å². The molecule has 2 nitrogen and oxygen atoms in total. The topological polar surface area (TPSA) is 35.8 Å². The third kappa shape index (κ3) is 2.50. The minimum atomic E-state index is 0.469. The Morgan fingerprint density at radius 2 is 2.38 bits per heavy atom. The summed E-state index contributed by atoms with van der Waals surface area (Å²) in [5, 5.41) is 12.2. The molecule has 0 bridgehead atoms. The Hall–Kier alpha value is -1.46. The standard InChI is InChI=1S/C10H9ClN2/c1-2-5-13-9-4-3-8(7-12)10(11)6-9/h2-4,6,13H,1,5H2. The van der Waals surface area contributed by atoms with Crippen molar-refractivity contribution in [3.8, 4) is 6.07 Å². The van der Waals surface area contributed by atoms with Crippen LogP contribution in [0.5, 0.6) is 0 Å². The van der Waals surface area contributed by atoms with Gasteiger partial charge in [0.2, 0.25) is 0 Å². The van der Waals surface area contributed by atoms with Crippen LogP contribution in [0, 0.1) is 11.3 Å². The molecule has 0 unspecified atom stereocenters. The molecule has 0 spiro atoms.